The van der Waals surface area contributed by atoms with Crippen LogP contribution in [0.3, 0.4) is 0 Å². The summed E-state index contributed by atoms with van der Waals surface area (Å²) in [7, 11) is 1.54. The summed E-state index contributed by atoms with van der Waals surface area (Å²) in [5.74, 6) is -0.585. The molecule has 26 heavy (non-hydrogen) atoms. The lowest BCUT2D eigenvalue weighted by Crippen LogP contribution is -2.30. The van der Waals surface area contributed by atoms with Gasteiger partial charge in [-0.2, -0.15) is 0 Å². The molecular weight excluding hydrogens is 340 g/mol. The molecule has 2 aromatic carbocycles. The molecule has 0 aliphatic rings. The summed E-state index contributed by atoms with van der Waals surface area (Å²) in [5.41, 5.74) is 0.911. The van der Waals surface area contributed by atoms with Crippen molar-refractivity contribution in [1.82, 2.24) is 0 Å². The number of benzene rings is 2. The third-order valence-corrected chi connectivity index (χ3v) is 3.64. The number of nitro groups is 1. The van der Waals surface area contributed by atoms with Gasteiger partial charge >= 0.3 is 5.97 Å². The minimum Gasteiger partial charge on any atom is -0.497 e. The average molecular weight is 358 g/mol. The number of carbonyl (C=O) groups excluding carboxylic acids is 2. The molecule has 136 valence electrons. The molecule has 0 aromatic heterocycles. The molecule has 8 heteroatoms. The van der Waals surface area contributed by atoms with Gasteiger partial charge in [-0.1, -0.05) is 0 Å². The maximum absolute atomic E-state index is 12.1. The van der Waals surface area contributed by atoms with Crippen LogP contribution in [0.5, 0.6) is 5.75 Å². The van der Waals surface area contributed by atoms with Crippen molar-refractivity contribution in [3.8, 4) is 5.75 Å². The number of methoxy groups -OCH3 is 1. The van der Waals surface area contributed by atoms with Crippen LogP contribution < -0.4 is 10.1 Å². The predicted octanol–water partition coefficient (Wildman–Crippen LogP) is 3.10. The van der Waals surface area contributed by atoms with E-state index in [0.29, 0.717) is 17.0 Å². The van der Waals surface area contributed by atoms with Gasteiger partial charge in [0.2, 0.25) is 0 Å². The molecule has 0 aliphatic heterocycles. The van der Waals surface area contributed by atoms with Crippen molar-refractivity contribution in [3.63, 3.8) is 0 Å². The van der Waals surface area contributed by atoms with Crippen LogP contribution in [-0.4, -0.2) is 30.0 Å². The fourth-order valence-corrected chi connectivity index (χ4v) is 2.19. The first-order valence-electron chi connectivity index (χ1n) is 7.72. The fourth-order valence-electron chi connectivity index (χ4n) is 2.19. The van der Waals surface area contributed by atoms with Gasteiger partial charge in [-0.15, -0.1) is 0 Å². The Morgan fingerprint density at radius 2 is 1.81 bits per heavy atom. The minimum absolute atomic E-state index is 0.0909. The van der Waals surface area contributed by atoms with E-state index < -0.39 is 22.9 Å². The first kappa shape index (κ1) is 18.9. The van der Waals surface area contributed by atoms with Crippen LogP contribution in [0.2, 0.25) is 0 Å². The summed E-state index contributed by atoms with van der Waals surface area (Å²) >= 11 is 0. The molecule has 2 rings (SSSR count). The third kappa shape index (κ3) is 4.56. The van der Waals surface area contributed by atoms with Crippen LogP contribution in [0.4, 0.5) is 11.4 Å². The molecule has 0 radical (unpaired) electrons. The van der Waals surface area contributed by atoms with Crippen molar-refractivity contribution >= 4 is 23.3 Å². The number of anilines is 1. The summed E-state index contributed by atoms with van der Waals surface area (Å²) in [6.07, 6.45) is -1.04. The van der Waals surface area contributed by atoms with E-state index in [2.05, 4.69) is 5.32 Å². The second-order valence-corrected chi connectivity index (χ2v) is 5.52. The van der Waals surface area contributed by atoms with Crippen LogP contribution in [0, 0.1) is 17.0 Å². The van der Waals surface area contributed by atoms with E-state index in [9.17, 15) is 19.7 Å². The van der Waals surface area contributed by atoms with E-state index >= 15 is 0 Å². The Balaban J connectivity index is 2.00. The van der Waals surface area contributed by atoms with Gasteiger partial charge in [-0.3, -0.25) is 14.9 Å². The molecule has 0 bridgehead atoms. The zero-order valence-corrected chi connectivity index (χ0v) is 14.5. The molecule has 1 atom stereocenters. The zero-order chi connectivity index (χ0) is 19.3. The SMILES string of the molecule is COc1ccc(NC(=O)[C@@H](C)OC(=O)c2ccc([N+](=O)[O-])c(C)c2)cc1. The predicted molar refractivity (Wildman–Crippen MR) is 94.3 cm³/mol. The number of hydrogen-bond acceptors (Lipinski definition) is 6. The Labute approximate surface area is 149 Å². The van der Waals surface area contributed by atoms with E-state index in [4.69, 9.17) is 9.47 Å². The Morgan fingerprint density at radius 3 is 2.35 bits per heavy atom. The molecule has 1 N–H and O–H groups in total. The van der Waals surface area contributed by atoms with E-state index in [1.54, 1.807) is 24.3 Å². The Kier molecular flexibility index (Phi) is 5.90. The van der Waals surface area contributed by atoms with Gasteiger partial charge in [0.1, 0.15) is 5.75 Å². The molecule has 0 aliphatic carbocycles. The highest BCUT2D eigenvalue weighted by Crippen LogP contribution is 2.20. The smallest absolute Gasteiger partial charge is 0.338 e. The molecule has 0 fully saturated rings. The van der Waals surface area contributed by atoms with Crippen molar-refractivity contribution in [2.45, 2.75) is 20.0 Å². The number of nitrogens with one attached hydrogen (secondary N) is 1. The third-order valence-electron chi connectivity index (χ3n) is 3.64. The number of hydrogen-bond donors (Lipinski definition) is 1. The van der Waals surface area contributed by atoms with E-state index in [1.807, 2.05) is 0 Å². The van der Waals surface area contributed by atoms with Crippen LogP contribution >= 0.6 is 0 Å². The van der Waals surface area contributed by atoms with Gasteiger partial charge in [-0.25, -0.2) is 4.79 Å². The quantitative estimate of drug-likeness (QED) is 0.483. The molecular formula is C18H18N2O6. The largest absolute Gasteiger partial charge is 0.497 e. The minimum atomic E-state index is -1.04. The van der Waals surface area contributed by atoms with E-state index in [1.165, 1.54) is 39.2 Å². The lowest BCUT2D eigenvalue weighted by atomic mass is 10.1. The Hall–Kier alpha value is -3.42. The number of carbonyl (C=O) groups is 2. The topological polar surface area (TPSA) is 108 Å². The number of nitrogens with zero attached hydrogens (tertiary/aromatic N) is 1. The highest BCUT2D eigenvalue weighted by Gasteiger charge is 2.20. The van der Waals surface area contributed by atoms with Gasteiger partial charge in [0.05, 0.1) is 17.6 Å². The maximum Gasteiger partial charge on any atom is 0.338 e. The van der Waals surface area contributed by atoms with Crippen molar-refractivity contribution < 1.29 is 24.0 Å². The highest BCUT2D eigenvalue weighted by molar-refractivity contribution is 5.97. The maximum atomic E-state index is 12.1. The number of rotatable bonds is 6. The monoisotopic (exact) mass is 358 g/mol. The van der Waals surface area contributed by atoms with Gasteiger partial charge in [-0.05, 0) is 50.2 Å². The van der Waals surface area contributed by atoms with Crippen LogP contribution in [0.15, 0.2) is 42.5 Å². The molecule has 0 spiro atoms. The van der Waals surface area contributed by atoms with Crippen LogP contribution in [0.25, 0.3) is 0 Å². The molecule has 0 saturated heterocycles. The van der Waals surface area contributed by atoms with E-state index in [-0.39, 0.29) is 11.3 Å². The number of esters is 1. The lowest BCUT2D eigenvalue weighted by molar-refractivity contribution is -0.385. The normalized spacial score (nSPS) is 11.3. The number of ether oxygens (including phenoxy) is 2. The molecule has 0 saturated carbocycles. The molecule has 0 heterocycles. The second-order valence-electron chi connectivity index (χ2n) is 5.52. The molecule has 0 unspecified atom stereocenters. The van der Waals surface area contributed by atoms with Crippen LogP contribution in [0.1, 0.15) is 22.8 Å². The molecule has 1 amide bonds. The summed E-state index contributed by atoms with van der Waals surface area (Å²) in [5, 5.41) is 13.4. The fraction of sp³-hybridized carbons (Fsp3) is 0.222. The molecule has 8 nitrogen and oxygen atoms in total. The summed E-state index contributed by atoms with van der Waals surface area (Å²) in [4.78, 5) is 34.6. The van der Waals surface area contributed by atoms with E-state index in [0.717, 1.165) is 0 Å². The van der Waals surface area contributed by atoms with Gasteiger partial charge in [0.25, 0.3) is 11.6 Å². The zero-order valence-electron chi connectivity index (χ0n) is 14.5. The summed E-state index contributed by atoms with van der Waals surface area (Å²) in [6, 6.07) is 10.6. The highest BCUT2D eigenvalue weighted by atomic mass is 16.6. The van der Waals surface area contributed by atoms with Gasteiger partial charge in [0.15, 0.2) is 6.10 Å². The standard InChI is InChI=1S/C18H18N2O6/c1-11-10-13(4-9-16(11)20(23)24)18(22)26-12(2)17(21)19-14-5-7-15(25-3)8-6-14/h4-10,12H,1-3H3,(H,19,21)/t12-/m1/s1. The Morgan fingerprint density at radius 1 is 1.15 bits per heavy atom. The van der Waals surface area contributed by atoms with Crippen molar-refractivity contribution in [1.29, 1.82) is 0 Å². The van der Waals surface area contributed by atoms with Gasteiger partial charge in [0, 0.05) is 17.3 Å². The summed E-state index contributed by atoms with van der Waals surface area (Å²) < 4.78 is 10.2. The number of nitro benzene ring substituents is 1. The lowest BCUT2D eigenvalue weighted by Gasteiger charge is -2.14. The first-order valence-corrected chi connectivity index (χ1v) is 7.72. The molecule has 2 aromatic rings. The Bertz CT molecular complexity index is 832. The van der Waals surface area contributed by atoms with Crippen LogP contribution in [-0.2, 0) is 9.53 Å². The van der Waals surface area contributed by atoms with Crippen molar-refractivity contribution in [2.24, 2.45) is 0 Å². The van der Waals surface area contributed by atoms with Crippen molar-refractivity contribution in [3.05, 3.63) is 63.7 Å². The van der Waals surface area contributed by atoms with Crippen molar-refractivity contribution in [2.75, 3.05) is 12.4 Å². The summed E-state index contributed by atoms with van der Waals surface area (Å²) in [6.45, 7) is 2.96. The average Bonchev–Trinajstić information content (AvgIpc) is 2.61. The number of amides is 1. The van der Waals surface area contributed by atoms with Gasteiger partial charge < -0.3 is 14.8 Å². The second kappa shape index (κ2) is 8.11. The number of aryl methyl sites for hydroxylation is 1. The first-order chi connectivity index (χ1) is 12.3.